The van der Waals surface area contributed by atoms with Gasteiger partial charge in [0.2, 0.25) is 5.88 Å². The molecule has 2 aliphatic rings. The number of benzene rings is 1. The smallest absolute Gasteiger partial charge is 0.323 e. The van der Waals surface area contributed by atoms with E-state index >= 15 is 0 Å². The van der Waals surface area contributed by atoms with Crippen molar-refractivity contribution in [3.05, 3.63) is 53.7 Å². The highest BCUT2D eigenvalue weighted by Gasteiger charge is 2.35. The fourth-order valence-electron chi connectivity index (χ4n) is 3.48. The highest BCUT2D eigenvalue weighted by atomic mass is 35.5. The number of thiocarbonyl (C=S) groups is 1. The number of anilines is 1. The lowest BCUT2D eigenvalue weighted by atomic mass is 10.3. The SMILES string of the molecule is CCN1C(=CC=c2sc(=C3SC(=S)N(CC(=O)O)C3=O)n(CC)c2=O)Oc2cc(Cl)c(Cl)cc21. The monoisotopic (exact) mass is 557 g/mol. The highest BCUT2D eigenvalue weighted by molar-refractivity contribution is 8.30. The van der Waals surface area contributed by atoms with E-state index < -0.39 is 18.4 Å². The Balaban J connectivity index is 1.79. The van der Waals surface area contributed by atoms with Gasteiger partial charge >= 0.3 is 5.97 Å². The van der Waals surface area contributed by atoms with E-state index in [4.69, 9.17) is 45.3 Å². The van der Waals surface area contributed by atoms with Crippen molar-refractivity contribution < 1.29 is 19.4 Å². The molecule has 1 N–H and O–H groups in total. The first-order valence-electron chi connectivity index (χ1n) is 10.0. The highest BCUT2D eigenvalue weighted by Crippen LogP contribution is 2.43. The van der Waals surface area contributed by atoms with Crippen molar-refractivity contribution in [1.82, 2.24) is 9.47 Å². The number of allylic oxidation sites excluding steroid dienone is 1. The summed E-state index contributed by atoms with van der Waals surface area (Å²) >= 11 is 19.6. The number of rotatable bonds is 5. The summed E-state index contributed by atoms with van der Waals surface area (Å²) in [7, 11) is 0. The van der Waals surface area contributed by atoms with Gasteiger partial charge in [-0.15, -0.1) is 11.3 Å². The van der Waals surface area contributed by atoms with E-state index in [9.17, 15) is 14.4 Å². The lowest BCUT2D eigenvalue weighted by Crippen LogP contribution is -2.35. The lowest BCUT2D eigenvalue weighted by Gasteiger charge is -2.15. The molecule has 8 nitrogen and oxygen atoms in total. The molecule has 1 amide bonds. The maximum Gasteiger partial charge on any atom is 0.323 e. The second kappa shape index (κ2) is 9.74. The molecule has 34 heavy (non-hydrogen) atoms. The number of hydrogen-bond donors (Lipinski definition) is 1. The van der Waals surface area contributed by atoms with Gasteiger partial charge in [0.25, 0.3) is 11.5 Å². The minimum atomic E-state index is -1.17. The number of carboxylic acids is 1. The molecule has 0 bridgehead atoms. The van der Waals surface area contributed by atoms with Gasteiger partial charge in [-0.1, -0.05) is 47.2 Å². The summed E-state index contributed by atoms with van der Waals surface area (Å²) in [6.45, 7) is 4.14. The van der Waals surface area contributed by atoms with Gasteiger partial charge in [-0.3, -0.25) is 23.9 Å². The molecule has 0 aliphatic carbocycles. The Morgan fingerprint density at radius 3 is 2.50 bits per heavy atom. The molecule has 1 aromatic carbocycles. The Morgan fingerprint density at radius 2 is 1.85 bits per heavy atom. The molecule has 0 radical (unpaired) electrons. The largest absolute Gasteiger partial charge is 0.480 e. The third-order valence-corrected chi connectivity index (χ3v) is 8.46. The molecule has 13 heteroatoms. The first-order valence-corrected chi connectivity index (χ1v) is 12.8. The minimum absolute atomic E-state index is 0.145. The van der Waals surface area contributed by atoms with Crippen molar-refractivity contribution in [3.63, 3.8) is 0 Å². The van der Waals surface area contributed by atoms with Crippen molar-refractivity contribution in [2.24, 2.45) is 0 Å². The summed E-state index contributed by atoms with van der Waals surface area (Å²) in [5, 5.41) is 9.84. The maximum atomic E-state index is 13.0. The molecule has 0 atom stereocenters. The Hall–Kier alpha value is -2.31. The number of aliphatic carboxylic acids is 1. The quantitative estimate of drug-likeness (QED) is 0.561. The van der Waals surface area contributed by atoms with Crippen LogP contribution in [-0.4, -0.2) is 43.9 Å². The van der Waals surface area contributed by atoms with E-state index in [1.165, 1.54) is 4.57 Å². The fraction of sp³-hybridized carbons (Fsp3) is 0.238. The number of hydrogen-bond acceptors (Lipinski definition) is 8. The molecule has 1 saturated heterocycles. The molecule has 1 aromatic heterocycles. The van der Waals surface area contributed by atoms with Crippen molar-refractivity contribution in [1.29, 1.82) is 0 Å². The van der Waals surface area contributed by atoms with Crippen LogP contribution in [0, 0.1) is 0 Å². The Morgan fingerprint density at radius 1 is 1.15 bits per heavy atom. The van der Waals surface area contributed by atoms with Gasteiger partial charge in [-0.25, -0.2) is 0 Å². The predicted molar refractivity (Wildman–Crippen MR) is 139 cm³/mol. The zero-order valence-corrected chi connectivity index (χ0v) is 21.8. The second-order valence-electron chi connectivity index (χ2n) is 7.05. The van der Waals surface area contributed by atoms with Crippen LogP contribution in [0.2, 0.25) is 10.0 Å². The molecule has 4 rings (SSSR count). The number of carboxylic acid groups (broad SMARTS) is 1. The first kappa shape index (κ1) is 24.8. The van der Waals surface area contributed by atoms with E-state index in [1.807, 2.05) is 11.8 Å². The molecule has 3 heterocycles. The molecule has 1 fully saturated rings. The number of thioether (sulfide) groups is 1. The summed E-state index contributed by atoms with van der Waals surface area (Å²) in [6, 6.07) is 3.36. The number of amides is 1. The van der Waals surface area contributed by atoms with Crippen LogP contribution in [0.3, 0.4) is 0 Å². The van der Waals surface area contributed by atoms with Crippen molar-refractivity contribution in [3.8, 4) is 5.75 Å². The average molecular weight is 558 g/mol. The van der Waals surface area contributed by atoms with E-state index in [1.54, 1.807) is 31.2 Å². The van der Waals surface area contributed by atoms with Crippen LogP contribution < -0.4 is 24.4 Å². The number of fused-ring (bicyclic) bond motifs is 1. The zero-order valence-electron chi connectivity index (χ0n) is 17.8. The van der Waals surface area contributed by atoms with Crippen molar-refractivity contribution in [2.75, 3.05) is 18.0 Å². The van der Waals surface area contributed by atoms with Crippen LogP contribution in [0.25, 0.3) is 11.0 Å². The molecule has 2 aliphatic heterocycles. The van der Waals surface area contributed by atoms with Crippen LogP contribution in [0.4, 0.5) is 5.69 Å². The first-order chi connectivity index (χ1) is 16.2. The number of carbonyl (C=O) groups is 2. The summed E-state index contributed by atoms with van der Waals surface area (Å²) in [6.07, 6.45) is 3.31. The second-order valence-corrected chi connectivity index (χ2v) is 10.5. The van der Waals surface area contributed by atoms with Crippen LogP contribution in [0.1, 0.15) is 13.8 Å². The molecule has 0 spiro atoms. The molecule has 2 aromatic rings. The summed E-state index contributed by atoms with van der Waals surface area (Å²) in [5.41, 5.74) is 0.498. The Kier molecular flexibility index (Phi) is 7.11. The number of ether oxygens (including phenoxy) is 1. The van der Waals surface area contributed by atoms with Crippen LogP contribution >= 0.6 is 58.5 Å². The van der Waals surface area contributed by atoms with Gasteiger partial charge in [-0.2, -0.15) is 0 Å². The maximum absolute atomic E-state index is 13.0. The van der Waals surface area contributed by atoms with Gasteiger partial charge in [0.05, 0.1) is 20.3 Å². The number of carbonyl (C=O) groups excluding carboxylic acids is 1. The van der Waals surface area contributed by atoms with E-state index in [2.05, 4.69) is 0 Å². The number of halogens is 2. The van der Waals surface area contributed by atoms with Crippen molar-refractivity contribution in [2.45, 2.75) is 20.4 Å². The third-order valence-electron chi connectivity index (χ3n) is 5.03. The third kappa shape index (κ3) is 4.38. The van der Waals surface area contributed by atoms with Gasteiger partial charge < -0.3 is 14.7 Å². The van der Waals surface area contributed by atoms with Gasteiger partial charge in [0.1, 0.15) is 20.4 Å². The minimum Gasteiger partial charge on any atom is -0.480 e. The van der Waals surface area contributed by atoms with E-state index in [0.29, 0.717) is 44.0 Å². The standard InChI is InChI=1S/C21H17Cl2N3O5S3/c1-3-24-12-7-10(22)11(23)8-13(12)31-15(24)6-5-14-18(29)25(4-2)20(33-14)17-19(30)26(9-16(27)28)21(32)34-17/h5-8H,3-4,9H2,1-2H3,(H,27,28). The molecule has 0 saturated carbocycles. The van der Waals surface area contributed by atoms with Crippen molar-refractivity contribution >= 4 is 91.4 Å². The molecular formula is C21H17Cl2N3O5S3. The van der Waals surface area contributed by atoms with E-state index in [-0.39, 0.29) is 14.8 Å². The molecular weight excluding hydrogens is 541 g/mol. The fourth-order valence-corrected chi connectivity index (χ4v) is 6.31. The normalized spacial score (nSPS) is 18.8. The average Bonchev–Trinajstić information content (AvgIpc) is 3.38. The Labute approximate surface area is 217 Å². The van der Waals surface area contributed by atoms with Gasteiger partial charge in [0.15, 0.2) is 5.75 Å². The van der Waals surface area contributed by atoms with Crippen LogP contribution in [0.15, 0.2) is 28.9 Å². The number of nitrogens with zero attached hydrogens (tertiary/aromatic N) is 3. The summed E-state index contributed by atoms with van der Waals surface area (Å²) in [5.74, 6) is -0.630. The lowest BCUT2D eigenvalue weighted by molar-refractivity contribution is -0.140. The predicted octanol–water partition coefficient (Wildman–Crippen LogP) is 2.83. The van der Waals surface area contributed by atoms with Gasteiger partial charge in [-0.05, 0) is 26.0 Å². The zero-order chi connectivity index (χ0) is 24.7. The van der Waals surface area contributed by atoms with Crippen LogP contribution in [0.5, 0.6) is 5.75 Å². The summed E-state index contributed by atoms with van der Waals surface area (Å²) < 4.78 is 8.36. The van der Waals surface area contributed by atoms with Gasteiger partial charge in [0, 0.05) is 25.2 Å². The number of thiazole rings is 1. The van der Waals surface area contributed by atoms with E-state index in [0.717, 1.165) is 33.7 Å². The Bertz CT molecular complexity index is 1450. The molecule has 178 valence electrons. The van der Waals surface area contributed by atoms with Crippen LogP contribution in [-0.2, 0) is 16.1 Å². The topological polar surface area (TPSA) is 92.1 Å². The summed E-state index contributed by atoms with van der Waals surface area (Å²) in [4.78, 5) is 40.1. The number of aromatic nitrogens is 1. The molecule has 0 unspecified atom stereocenters.